The van der Waals surface area contributed by atoms with Crippen LogP contribution in [0.15, 0.2) is 36.4 Å². The summed E-state index contributed by atoms with van der Waals surface area (Å²) < 4.78 is 43.2. The Kier molecular flexibility index (Phi) is 7.43. The molecule has 4 saturated heterocycles. The molecule has 1 aromatic heterocycles. The molecule has 4 aliphatic heterocycles. The maximum Gasteiger partial charge on any atom is 0.319 e. The number of nitrogens with zero attached hydrogens (tertiary/aromatic N) is 4. The van der Waals surface area contributed by atoms with Gasteiger partial charge in [0.15, 0.2) is 5.82 Å². The molecule has 4 unspecified atom stereocenters. The summed E-state index contributed by atoms with van der Waals surface area (Å²) >= 11 is 6.83. The number of piperazine rings is 1. The van der Waals surface area contributed by atoms with Gasteiger partial charge in [-0.15, -0.1) is 0 Å². The first-order valence-corrected chi connectivity index (χ1v) is 16.3. The summed E-state index contributed by atoms with van der Waals surface area (Å²) in [5.74, 6) is -0.432. The molecule has 2 N–H and O–H groups in total. The van der Waals surface area contributed by atoms with Crippen LogP contribution in [0.4, 0.5) is 14.6 Å². The summed E-state index contributed by atoms with van der Waals surface area (Å²) in [4.78, 5) is 14.2. The number of fused-ring (bicyclic) bond motifs is 6. The quantitative estimate of drug-likeness (QED) is 0.260. The van der Waals surface area contributed by atoms with Crippen LogP contribution in [0.25, 0.3) is 32.8 Å². The molecule has 45 heavy (non-hydrogen) atoms. The highest BCUT2D eigenvalue weighted by Gasteiger charge is 2.38. The van der Waals surface area contributed by atoms with Gasteiger partial charge in [-0.1, -0.05) is 24.6 Å². The zero-order valence-electron chi connectivity index (χ0n) is 25.1. The second-order valence-corrected chi connectivity index (χ2v) is 13.6. The van der Waals surface area contributed by atoms with Gasteiger partial charge in [-0.3, -0.25) is 4.90 Å². The highest BCUT2D eigenvalue weighted by molar-refractivity contribution is 6.35. The second kappa shape index (κ2) is 11.5. The Bertz CT molecular complexity index is 1760. The van der Waals surface area contributed by atoms with Crippen LogP contribution in [0, 0.1) is 17.6 Å². The first kappa shape index (κ1) is 29.1. The Hall–Kier alpha value is -3.31. The number of phenolic OH excluding ortho intramolecular Hbond substituents is 1. The lowest BCUT2D eigenvalue weighted by atomic mass is 9.96. The number of hydrogen-bond acceptors (Lipinski definition) is 8. The van der Waals surface area contributed by atoms with Gasteiger partial charge in [-0.25, -0.2) is 8.78 Å². The fourth-order valence-corrected chi connectivity index (χ4v) is 8.14. The van der Waals surface area contributed by atoms with Crippen LogP contribution < -0.4 is 15.0 Å². The normalized spacial score (nSPS) is 25.4. The number of halogens is 3. The van der Waals surface area contributed by atoms with E-state index in [9.17, 15) is 9.50 Å². The van der Waals surface area contributed by atoms with Crippen molar-refractivity contribution >= 4 is 39.1 Å². The van der Waals surface area contributed by atoms with Crippen molar-refractivity contribution in [3.8, 4) is 22.9 Å². The molecule has 4 fully saturated rings. The summed E-state index contributed by atoms with van der Waals surface area (Å²) in [5, 5.41) is 15.8. The summed E-state index contributed by atoms with van der Waals surface area (Å²) in [7, 11) is 0. The third-order valence-electron chi connectivity index (χ3n) is 9.94. The van der Waals surface area contributed by atoms with Crippen molar-refractivity contribution in [3.05, 3.63) is 53.1 Å². The van der Waals surface area contributed by atoms with Gasteiger partial charge in [0.1, 0.15) is 22.9 Å². The van der Waals surface area contributed by atoms with Gasteiger partial charge in [0.2, 0.25) is 0 Å². The van der Waals surface area contributed by atoms with Gasteiger partial charge in [-0.05, 0) is 72.4 Å². The number of aromatic hydroxyl groups is 1. The maximum atomic E-state index is 16.8. The van der Waals surface area contributed by atoms with E-state index in [-0.39, 0.29) is 39.3 Å². The van der Waals surface area contributed by atoms with Crippen LogP contribution in [0.3, 0.4) is 0 Å². The molecule has 4 bridgehead atoms. The Morgan fingerprint density at radius 1 is 1.02 bits per heavy atom. The minimum Gasteiger partial charge on any atom is -0.508 e. The molecule has 4 aliphatic rings. The Balaban J connectivity index is 1.19. The van der Waals surface area contributed by atoms with E-state index in [0.717, 1.165) is 58.5 Å². The van der Waals surface area contributed by atoms with Gasteiger partial charge in [-0.2, -0.15) is 9.97 Å². The van der Waals surface area contributed by atoms with Gasteiger partial charge in [0.25, 0.3) is 0 Å². The Morgan fingerprint density at radius 3 is 2.53 bits per heavy atom. The average molecular weight is 636 g/mol. The zero-order valence-corrected chi connectivity index (χ0v) is 25.9. The fourth-order valence-electron chi connectivity index (χ4n) is 7.84. The highest BCUT2D eigenvalue weighted by atomic mass is 35.5. The van der Waals surface area contributed by atoms with E-state index in [1.807, 2.05) is 0 Å². The van der Waals surface area contributed by atoms with Gasteiger partial charge in [0, 0.05) is 60.7 Å². The molecule has 4 aromatic rings. The van der Waals surface area contributed by atoms with Crippen LogP contribution in [0.1, 0.15) is 32.6 Å². The number of phenols is 1. The smallest absolute Gasteiger partial charge is 0.319 e. The average Bonchev–Trinajstić information content (AvgIpc) is 3.45. The molecule has 0 spiro atoms. The van der Waals surface area contributed by atoms with Crippen molar-refractivity contribution in [1.29, 1.82) is 0 Å². The summed E-state index contributed by atoms with van der Waals surface area (Å²) in [5.41, 5.74) is 0.403. The maximum absolute atomic E-state index is 16.8. The molecule has 0 amide bonds. The first-order valence-electron chi connectivity index (χ1n) is 15.9. The van der Waals surface area contributed by atoms with Crippen LogP contribution in [0.2, 0.25) is 5.02 Å². The number of morpholine rings is 1. The molecule has 8 rings (SSSR count). The van der Waals surface area contributed by atoms with E-state index in [1.54, 1.807) is 12.1 Å². The van der Waals surface area contributed by atoms with Crippen molar-refractivity contribution in [2.45, 2.75) is 56.8 Å². The number of nitrogens with one attached hydrogen (secondary N) is 1. The van der Waals surface area contributed by atoms with Crippen molar-refractivity contribution in [1.82, 2.24) is 20.2 Å². The van der Waals surface area contributed by atoms with E-state index in [0.29, 0.717) is 52.8 Å². The van der Waals surface area contributed by atoms with Gasteiger partial charge in [0.05, 0.1) is 24.8 Å². The first-order chi connectivity index (χ1) is 21.8. The van der Waals surface area contributed by atoms with Crippen molar-refractivity contribution in [2.24, 2.45) is 5.92 Å². The second-order valence-electron chi connectivity index (χ2n) is 13.2. The molecule has 3 aromatic carbocycles. The number of aromatic nitrogens is 2. The van der Waals surface area contributed by atoms with Crippen molar-refractivity contribution < 1.29 is 23.4 Å². The molecule has 0 saturated carbocycles. The molecule has 5 atom stereocenters. The molecular formula is C34H36ClF2N5O3. The summed E-state index contributed by atoms with van der Waals surface area (Å²) in [6.45, 7) is 6.43. The number of anilines is 1. The lowest BCUT2D eigenvalue weighted by Crippen LogP contribution is -2.51. The van der Waals surface area contributed by atoms with Crippen molar-refractivity contribution in [3.63, 3.8) is 0 Å². The van der Waals surface area contributed by atoms with E-state index < -0.39 is 11.6 Å². The predicted molar refractivity (Wildman–Crippen MR) is 170 cm³/mol. The lowest BCUT2D eigenvalue weighted by molar-refractivity contribution is -0.0229. The molecule has 8 nitrogen and oxygen atoms in total. The summed E-state index contributed by atoms with van der Waals surface area (Å²) in [6, 6.07) is 10.5. The summed E-state index contributed by atoms with van der Waals surface area (Å²) in [6.07, 6.45) is 4.48. The standard InChI is InChI=1S/C34H36ClF2N5O3/c1-18(12-42-23-6-7-24(42)17-44-16-23)15-45-34-39-32-28(33(40-34)41-13-21-4-5-22(14-41)38-21)11-29(35)30(31(32)37)27-10-25(43)8-19-2-3-20(36)9-26(19)27/h2-3,8-11,18,21-24,38,43H,4-7,12-17H2,1H3/t18-,21?,22?,23?,24?/m1/s1. The number of ether oxygens (including phenoxy) is 2. The van der Waals surface area contributed by atoms with E-state index in [4.69, 9.17) is 26.1 Å². The molecule has 11 heteroatoms. The van der Waals surface area contributed by atoms with Crippen LogP contribution in [-0.2, 0) is 4.74 Å². The topological polar surface area (TPSA) is 83.0 Å². The van der Waals surface area contributed by atoms with Crippen LogP contribution >= 0.6 is 11.6 Å². The molecule has 236 valence electrons. The monoisotopic (exact) mass is 635 g/mol. The highest BCUT2D eigenvalue weighted by Crippen LogP contribution is 2.43. The lowest BCUT2D eigenvalue weighted by Gasteiger charge is -2.36. The number of rotatable bonds is 7. The third-order valence-corrected chi connectivity index (χ3v) is 10.2. The number of benzene rings is 3. The molecular weight excluding hydrogens is 600 g/mol. The van der Waals surface area contributed by atoms with E-state index in [1.165, 1.54) is 24.3 Å². The number of hydrogen-bond donors (Lipinski definition) is 2. The van der Waals surface area contributed by atoms with Gasteiger partial charge >= 0.3 is 6.01 Å². The Morgan fingerprint density at radius 2 is 1.78 bits per heavy atom. The van der Waals surface area contributed by atoms with E-state index >= 15 is 4.39 Å². The van der Waals surface area contributed by atoms with E-state index in [2.05, 4.69) is 27.0 Å². The molecule has 0 aliphatic carbocycles. The fraction of sp³-hybridized carbons (Fsp3) is 0.471. The molecule has 5 heterocycles. The SMILES string of the molecule is C[C@@H](COc1nc(N2CC3CCC(C2)N3)c2cc(Cl)c(-c3cc(O)cc4ccc(F)cc34)c(F)c2n1)CN1C2CCC1COC2. The van der Waals surface area contributed by atoms with Crippen LogP contribution in [-0.4, -0.2) is 83.6 Å². The zero-order chi connectivity index (χ0) is 30.8. The van der Waals surface area contributed by atoms with Crippen molar-refractivity contribution in [2.75, 3.05) is 44.4 Å². The molecule has 0 radical (unpaired) electrons. The third kappa shape index (κ3) is 5.35. The predicted octanol–water partition coefficient (Wildman–Crippen LogP) is 5.91. The van der Waals surface area contributed by atoms with Crippen LogP contribution in [0.5, 0.6) is 11.8 Å². The minimum absolute atomic E-state index is 0.0443. The minimum atomic E-state index is -0.668. The largest absolute Gasteiger partial charge is 0.508 e. The Labute approximate surface area is 265 Å². The van der Waals surface area contributed by atoms with Gasteiger partial charge < -0.3 is 24.8 Å².